The lowest BCUT2D eigenvalue weighted by Gasteiger charge is -2.29. The zero-order valence-corrected chi connectivity index (χ0v) is 13.7. The number of nitrogens with one attached hydrogen (secondary N) is 1. The smallest absolute Gasteiger partial charge is 0.219 e. The highest BCUT2D eigenvalue weighted by atomic mass is 19.1. The first-order valence-corrected chi connectivity index (χ1v) is 8.34. The number of benzene rings is 1. The maximum Gasteiger partial charge on any atom is 0.219 e. The van der Waals surface area contributed by atoms with Crippen LogP contribution in [0.25, 0.3) is 0 Å². The van der Waals surface area contributed by atoms with Crippen molar-refractivity contribution in [2.45, 2.75) is 19.5 Å². The lowest BCUT2D eigenvalue weighted by molar-refractivity contribution is -0.130. The highest BCUT2D eigenvalue weighted by Gasteiger charge is 2.48. The van der Waals surface area contributed by atoms with E-state index in [0.717, 1.165) is 31.7 Å². The Bertz CT molecular complexity index is 732. The van der Waals surface area contributed by atoms with Gasteiger partial charge in [-0.3, -0.25) is 14.8 Å². The zero-order valence-electron chi connectivity index (χ0n) is 13.7. The van der Waals surface area contributed by atoms with Gasteiger partial charge in [-0.15, -0.1) is 0 Å². The third-order valence-corrected chi connectivity index (χ3v) is 5.30. The number of carbonyl (C=O) groups is 1. The molecule has 6 heteroatoms. The molecule has 0 radical (unpaired) electrons. The summed E-state index contributed by atoms with van der Waals surface area (Å²) in [6.45, 7) is 5.10. The van der Waals surface area contributed by atoms with Gasteiger partial charge in [0, 0.05) is 50.8 Å². The van der Waals surface area contributed by atoms with Gasteiger partial charge in [0.25, 0.3) is 0 Å². The lowest BCUT2D eigenvalue weighted by Crippen LogP contribution is -2.34. The molecular weight excluding hydrogens is 307 g/mol. The van der Waals surface area contributed by atoms with Crippen LogP contribution >= 0.6 is 0 Å². The Balaban J connectivity index is 1.57. The van der Waals surface area contributed by atoms with Crippen LogP contribution in [0.5, 0.6) is 0 Å². The Morgan fingerprint density at radius 1 is 1.38 bits per heavy atom. The summed E-state index contributed by atoms with van der Waals surface area (Å²) in [5.41, 5.74) is 2.07. The minimum absolute atomic E-state index is 0.0300. The van der Waals surface area contributed by atoms with Gasteiger partial charge in [-0.05, 0) is 23.6 Å². The van der Waals surface area contributed by atoms with Gasteiger partial charge in [-0.1, -0.05) is 12.1 Å². The van der Waals surface area contributed by atoms with Crippen LogP contribution < -0.4 is 0 Å². The fraction of sp³-hybridized carbons (Fsp3) is 0.444. The van der Waals surface area contributed by atoms with Crippen LogP contribution in [0.3, 0.4) is 0 Å². The minimum Gasteiger partial charge on any atom is -0.335 e. The van der Waals surface area contributed by atoms with E-state index < -0.39 is 0 Å². The summed E-state index contributed by atoms with van der Waals surface area (Å²) in [6.07, 6.45) is 3.76. The predicted octanol–water partition coefficient (Wildman–Crippen LogP) is 2.20. The van der Waals surface area contributed by atoms with E-state index in [1.54, 1.807) is 19.1 Å². The van der Waals surface area contributed by atoms with Crippen molar-refractivity contribution in [3.63, 3.8) is 0 Å². The number of H-pyrrole nitrogens is 1. The molecule has 5 nitrogen and oxygen atoms in total. The van der Waals surface area contributed by atoms with E-state index in [1.165, 1.54) is 11.6 Å². The average Bonchev–Trinajstić information content (AvgIpc) is 3.23. The van der Waals surface area contributed by atoms with E-state index in [1.807, 2.05) is 23.4 Å². The van der Waals surface area contributed by atoms with Crippen LogP contribution in [-0.2, 0) is 11.3 Å². The molecule has 0 aliphatic carbocycles. The van der Waals surface area contributed by atoms with Gasteiger partial charge in [0.15, 0.2) is 0 Å². The number of nitrogens with zero attached hydrogens (tertiary/aromatic N) is 3. The van der Waals surface area contributed by atoms with Gasteiger partial charge < -0.3 is 4.90 Å². The Labute approximate surface area is 140 Å². The number of aromatic nitrogens is 2. The van der Waals surface area contributed by atoms with Crippen molar-refractivity contribution in [3.05, 3.63) is 53.6 Å². The summed E-state index contributed by atoms with van der Waals surface area (Å²) >= 11 is 0. The van der Waals surface area contributed by atoms with Gasteiger partial charge in [-0.2, -0.15) is 5.10 Å². The van der Waals surface area contributed by atoms with Crippen LogP contribution in [0.2, 0.25) is 0 Å². The summed E-state index contributed by atoms with van der Waals surface area (Å²) in [5.74, 6) is 0.615. The van der Waals surface area contributed by atoms with E-state index in [2.05, 4.69) is 15.1 Å². The molecule has 2 fully saturated rings. The molecule has 1 N–H and O–H groups in total. The molecule has 3 heterocycles. The third kappa shape index (κ3) is 2.71. The number of likely N-dealkylation sites (tertiary alicyclic amines) is 2. The molecule has 4 rings (SSSR count). The Kier molecular flexibility index (Phi) is 3.84. The molecule has 0 bridgehead atoms. The first kappa shape index (κ1) is 15.3. The first-order chi connectivity index (χ1) is 11.6. The predicted molar refractivity (Wildman–Crippen MR) is 87.4 cm³/mol. The zero-order chi connectivity index (χ0) is 16.7. The molecule has 2 aliphatic rings. The number of hydrogen-bond acceptors (Lipinski definition) is 3. The number of hydrogen-bond donors (Lipinski definition) is 1. The second kappa shape index (κ2) is 6.02. The Morgan fingerprint density at radius 2 is 2.25 bits per heavy atom. The van der Waals surface area contributed by atoms with Crippen molar-refractivity contribution in [1.82, 2.24) is 20.0 Å². The summed E-state index contributed by atoms with van der Waals surface area (Å²) < 4.78 is 13.7. The molecule has 0 unspecified atom stereocenters. The van der Waals surface area contributed by atoms with Crippen molar-refractivity contribution in [2.24, 2.45) is 11.8 Å². The van der Waals surface area contributed by atoms with E-state index in [9.17, 15) is 9.18 Å². The molecule has 2 saturated heterocycles. The van der Waals surface area contributed by atoms with Crippen LogP contribution in [0, 0.1) is 17.7 Å². The van der Waals surface area contributed by atoms with Crippen molar-refractivity contribution < 1.29 is 9.18 Å². The molecule has 126 valence electrons. The molecule has 1 aromatic carbocycles. The van der Waals surface area contributed by atoms with Crippen molar-refractivity contribution in [1.29, 1.82) is 0 Å². The van der Waals surface area contributed by atoms with Gasteiger partial charge >= 0.3 is 0 Å². The molecule has 0 spiro atoms. The Morgan fingerprint density at radius 3 is 2.96 bits per heavy atom. The van der Waals surface area contributed by atoms with E-state index >= 15 is 0 Å². The number of amides is 1. The van der Waals surface area contributed by atoms with Gasteiger partial charge in [0.05, 0.1) is 12.2 Å². The van der Waals surface area contributed by atoms with Gasteiger partial charge in [0.1, 0.15) is 5.82 Å². The molecule has 1 amide bonds. The van der Waals surface area contributed by atoms with Crippen molar-refractivity contribution >= 4 is 5.91 Å². The maximum atomic E-state index is 13.7. The van der Waals surface area contributed by atoms with E-state index in [0.29, 0.717) is 11.8 Å². The molecule has 24 heavy (non-hydrogen) atoms. The van der Waals surface area contributed by atoms with Crippen LogP contribution in [-0.4, -0.2) is 45.5 Å². The van der Waals surface area contributed by atoms with Gasteiger partial charge in [0.2, 0.25) is 5.91 Å². The second-order valence-corrected chi connectivity index (χ2v) is 6.90. The van der Waals surface area contributed by atoms with Crippen LogP contribution in [0.4, 0.5) is 4.39 Å². The number of aromatic amines is 1. The molecule has 2 aromatic rings. The molecule has 3 atom stereocenters. The normalized spacial score (nSPS) is 26.8. The van der Waals surface area contributed by atoms with Crippen LogP contribution in [0.15, 0.2) is 36.7 Å². The van der Waals surface area contributed by atoms with Crippen molar-refractivity contribution in [3.8, 4) is 0 Å². The van der Waals surface area contributed by atoms with Crippen LogP contribution in [0.1, 0.15) is 24.1 Å². The topological polar surface area (TPSA) is 52.2 Å². The monoisotopic (exact) mass is 328 g/mol. The summed E-state index contributed by atoms with van der Waals surface area (Å²) in [6, 6.07) is 6.66. The van der Waals surface area contributed by atoms with E-state index in [4.69, 9.17) is 0 Å². The third-order valence-electron chi connectivity index (χ3n) is 5.30. The maximum absolute atomic E-state index is 13.7. The molecule has 1 aromatic heterocycles. The fourth-order valence-electron chi connectivity index (χ4n) is 4.33. The average molecular weight is 328 g/mol. The highest BCUT2D eigenvalue weighted by molar-refractivity contribution is 5.74. The van der Waals surface area contributed by atoms with Crippen molar-refractivity contribution in [2.75, 3.05) is 19.6 Å². The largest absolute Gasteiger partial charge is 0.335 e. The van der Waals surface area contributed by atoms with Gasteiger partial charge in [-0.25, -0.2) is 4.39 Å². The Hall–Kier alpha value is -2.21. The number of fused-ring (bicyclic) bond motifs is 1. The number of halogens is 1. The quantitative estimate of drug-likeness (QED) is 0.940. The molecular formula is C18H21FN4O. The molecule has 2 aliphatic heterocycles. The summed E-state index contributed by atoms with van der Waals surface area (Å²) in [5, 5.41) is 6.84. The number of carbonyl (C=O) groups excluding carboxylic acids is 1. The highest BCUT2D eigenvalue weighted by Crippen LogP contribution is 2.45. The fourth-order valence-corrected chi connectivity index (χ4v) is 4.33. The standard InChI is InChI=1S/C18H21FN4O/c1-12(24)23-10-15-9-22(8-13-6-20-21-7-13)11-17(15)18(23)14-3-2-4-16(19)5-14/h2-7,15,17-18H,8-11H2,1H3,(H,20,21)/t15-,17-,18-/m1/s1. The first-order valence-electron chi connectivity index (χ1n) is 8.34. The SMILES string of the molecule is CC(=O)N1C[C@H]2CN(Cc3cn[nH]c3)C[C@H]2[C@H]1c1cccc(F)c1. The summed E-state index contributed by atoms with van der Waals surface area (Å²) in [4.78, 5) is 16.4. The summed E-state index contributed by atoms with van der Waals surface area (Å²) in [7, 11) is 0. The second-order valence-electron chi connectivity index (χ2n) is 6.90. The van der Waals surface area contributed by atoms with E-state index in [-0.39, 0.29) is 17.8 Å². The minimum atomic E-state index is -0.243. The lowest BCUT2D eigenvalue weighted by atomic mass is 9.89. The molecule has 0 saturated carbocycles. The number of rotatable bonds is 3.